The quantitative estimate of drug-likeness (QED) is 0.744. The van der Waals surface area contributed by atoms with Crippen LogP contribution in [-0.4, -0.2) is 23.9 Å². The molecule has 0 bridgehead atoms. The summed E-state index contributed by atoms with van der Waals surface area (Å²) in [6.07, 6.45) is 2.05. The second-order valence-electron chi connectivity index (χ2n) is 4.40. The molecule has 0 spiro atoms. The minimum absolute atomic E-state index is 0.113. The number of carbonyl (C=O) groups is 1. The lowest BCUT2D eigenvalue weighted by Gasteiger charge is -2.20. The van der Waals surface area contributed by atoms with Crippen molar-refractivity contribution in [3.63, 3.8) is 0 Å². The fourth-order valence-electron chi connectivity index (χ4n) is 2.12. The fraction of sp³-hybridized carbons (Fsp3) is 0.462. The van der Waals surface area contributed by atoms with E-state index in [1.165, 1.54) is 12.1 Å². The van der Waals surface area contributed by atoms with E-state index < -0.39 is 5.38 Å². The minimum atomic E-state index is -0.774. The van der Waals surface area contributed by atoms with Crippen LogP contribution in [0, 0.1) is 12.7 Å². The Kier molecular flexibility index (Phi) is 3.67. The smallest absolute Gasteiger partial charge is 0.245 e. The number of amides is 1. The predicted molar refractivity (Wildman–Crippen MR) is 65.5 cm³/mol. The van der Waals surface area contributed by atoms with E-state index in [-0.39, 0.29) is 11.7 Å². The van der Waals surface area contributed by atoms with Gasteiger partial charge in [-0.25, -0.2) is 4.39 Å². The van der Waals surface area contributed by atoms with Gasteiger partial charge in [0.25, 0.3) is 0 Å². The van der Waals surface area contributed by atoms with Gasteiger partial charge in [0.2, 0.25) is 5.91 Å². The van der Waals surface area contributed by atoms with E-state index in [9.17, 15) is 9.18 Å². The molecular formula is C13H15ClFNO. The summed E-state index contributed by atoms with van der Waals surface area (Å²) in [6.45, 7) is 3.36. The molecule has 1 atom stereocenters. The normalized spacial score (nSPS) is 17.2. The van der Waals surface area contributed by atoms with Gasteiger partial charge in [0.1, 0.15) is 11.2 Å². The zero-order valence-electron chi connectivity index (χ0n) is 9.75. The molecule has 1 amide bonds. The summed E-state index contributed by atoms with van der Waals surface area (Å²) in [6, 6.07) is 4.38. The van der Waals surface area contributed by atoms with Crippen LogP contribution in [0.4, 0.5) is 4.39 Å². The third-order valence-electron chi connectivity index (χ3n) is 3.15. The number of alkyl halides is 1. The topological polar surface area (TPSA) is 20.3 Å². The lowest BCUT2D eigenvalue weighted by Crippen LogP contribution is -2.30. The highest BCUT2D eigenvalue weighted by Crippen LogP contribution is 2.28. The van der Waals surface area contributed by atoms with Crippen molar-refractivity contribution in [1.82, 2.24) is 4.90 Å². The predicted octanol–water partition coefficient (Wildman–Crippen LogP) is 3.04. The maximum absolute atomic E-state index is 13.2. The summed E-state index contributed by atoms with van der Waals surface area (Å²) in [7, 11) is 0. The van der Waals surface area contributed by atoms with E-state index in [0.29, 0.717) is 5.56 Å². The molecule has 1 fully saturated rings. The standard InChI is InChI=1S/C13H15ClFNO/c1-9-4-5-10(15)8-11(9)12(14)13(17)16-6-2-3-7-16/h4-5,8,12H,2-3,6-7H2,1H3. The number of hydrogen-bond donors (Lipinski definition) is 0. The van der Waals surface area contributed by atoms with E-state index in [1.54, 1.807) is 11.0 Å². The van der Waals surface area contributed by atoms with E-state index in [1.807, 2.05) is 6.92 Å². The second kappa shape index (κ2) is 5.05. The Morgan fingerprint density at radius 1 is 1.41 bits per heavy atom. The molecule has 1 saturated heterocycles. The van der Waals surface area contributed by atoms with Gasteiger partial charge in [0, 0.05) is 13.1 Å². The van der Waals surface area contributed by atoms with Crippen LogP contribution in [0.5, 0.6) is 0 Å². The molecule has 0 aliphatic carbocycles. The molecule has 4 heteroatoms. The van der Waals surface area contributed by atoms with Gasteiger partial charge in [-0.15, -0.1) is 11.6 Å². The first-order valence-corrected chi connectivity index (χ1v) is 6.22. The molecule has 2 nitrogen and oxygen atoms in total. The number of likely N-dealkylation sites (tertiary alicyclic amines) is 1. The summed E-state index contributed by atoms with van der Waals surface area (Å²) in [5, 5.41) is -0.774. The van der Waals surface area contributed by atoms with Crippen LogP contribution in [0.1, 0.15) is 29.3 Å². The third kappa shape index (κ3) is 2.60. The van der Waals surface area contributed by atoms with Gasteiger partial charge in [-0.2, -0.15) is 0 Å². The number of hydrogen-bond acceptors (Lipinski definition) is 1. The molecule has 1 unspecified atom stereocenters. The molecule has 0 saturated carbocycles. The highest BCUT2D eigenvalue weighted by molar-refractivity contribution is 6.30. The van der Waals surface area contributed by atoms with Gasteiger partial charge in [-0.05, 0) is 43.0 Å². The van der Waals surface area contributed by atoms with Crippen molar-refractivity contribution >= 4 is 17.5 Å². The van der Waals surface area contributed by atoms with Crippen LogP contribution in [0.2, 0.25) is 0 Å². The van der Waals surface area contributed by atoms with E-state index in [2.05, 4.69) is 0 Å². The van der Waals surface area contributed by atoms with Crippen molar-refractivity contribution in [2.45, 2.75) is 25.1 Å². The van der Waals surface area contributed by atoms with E-state index in [4.69, 9.17) is 11.6 Å². The maximum atomic E-state index is 13.2. The van der Waals surface area contributed by atoms with Crippen LogP contribution >= 0.6 is 11.6 Å². The summed E-state index contributed by atoms with van der Waals surface area (Å²) in [4.78, 5) is 13.8. The van der Waals surface area contributed by atoms with Crippen molar-refractivity contribution in [1.29, 1.82) is 0 Å². The summed E-state index contributed by atoms with van der Waals surface area (Å²) < 4.78 is 13.2. The zero-order valence-corrected chi connectivity index (χ0v) is 10.5. The van der Waals surface area contributed by atoms with Crippen molar-refractivity contribution in [2.24, 2.45) is 0 Å². The van der Waals surface area contributed by atoms with Gasteiger partial charge in [0.15, 0.2) is 0 Å². The zero-order chi connectivity index (χ0) is 12.4. The van der Waals surface area contributed by atoms with Crippen molar-refractivity contribution in [3.8, 4) is 0 Å². The largest absolute Gasteiger partial charge is 0.341 e. The fourth-order valence-corrected chi connectivity index (χ4v) is 2.49. The van der Waals surface area contributed by atoms with Gasteiger partial charge < -0.3 is 4.90 Å². The van der Waals surface area contributed by atoms with Gasteiger partial charge in [-0.1, -0.05) is 6.07 Å². The van der Waals surface area contributed by atoms with Crippen LogP contribution in [0.15, 0.2) is 18.2 Å². The molecule has 0 aromatic heterocycles. The number of rotatable bonds is 2. The minimum Gasteiger partial charge on any atom is -0.341 e. The van der Waals surface area contributed by atoms with Gasteiger partial charge in [0.05, 0.1) is 0 Å². The van der Waals surface area contributed by atoms with Crippen LogP contribution in [0.3, 0.4) is 0 Å². The molecule has 1 aliphatic rings. The highest BCUT2D eigenvalue weighted by atomic mass is 35.5. The van der Waals surface area contributed by atoms with Crippen LogP contribution in [0.25, 0.3) is 0 Å². The van der Waals surface area contributed by atoms with Crippen molar-refractivity contribution in [2.75, 3.05) is 13.1 Å². The Bertz CT molecular complexity index is 429. The second-order valence-corrected chi connectivity index (χ2v) is 4.83. The van der Waals surface area contributed by atoms with Crippen LogP contribution < -0.4 is 0 Å². The van der Waals surface area contributed by atoms with Gasteiger partial charge in [-0.3, -0.25) is 4.79 Å². The van der Waals surface area contributed by atoms with Crippen LogP contribution in [-0.2, 0) is 4.79 Å². The Balaban J connectivity index is 2.20. The SMILES string of the molecule is Cc1ccc(F)cc1C(Cl)C(=O)N1CCCC1. The third-order valence-corrected chi connectivity index (χ3v) is 3.57. The lowest BCUT2D eigenvalue weighted by molar-refractivity contribution is -0.129. The maximum Gasteiger partial charge on any atom is 0.245 e. The molecule has 1 aromatic rings. The molecule has 92 valence electrons. The number of carbonyl (C=O) groups excluding carboxylic acids is 1. The number of benzene rings is 1. The molecule has 17 heavy (non-hydrogen) atoms. The Morgan fingerprint density at radius 3 is 2.71 bits per heavy atom. The van der Waals surface area contributed by atoms with Gasteiger partial charge >= 0.3 is 0 Å². The van der Waals surface area contributed by atoms with Crippen molar-refractivity contribution in [3.05, 3.63) is 35.1 Å². The Morgan fingerprint density at radius 2 is 2.06 bits per heavy atom. The molecule has 2 rings (SSSR count). The monoisotopic (exact) mass is 255 g/mol. The van der Waals surface area contributed by atoms with Crippen molar-refractivity contribution < 1.29 is 9.18 Å². The average Bonchev–Trinajstić information content (AvgIpc) is 2.84. The molecule has 1 aliphatic heterocycles. The molecule has 1 aromatic carbocycles. The summed E-state index contributed by atoms with van der Waals surface area (Å²) in [5.74, 6) is -0.469. The molecular weight excluding hydrogens is 241 g/mol. The lowest BCUT2D eigenvalue weighted by atomic mass is 10.0. The Labute approximate surface area is 105 Å². The average molecular weight is 256 g/mol. The number of aryl methyl sites for hydroxylation is 1. The number of halogens is 2. The summed E-state index contributed by atoms with van der Waals surface area (Å²) in [5.41, 5.74) is 1.42. The Hall–Kier alpha value is -1.09. The summed E-state index contributed by atoms with van der Waals surface area (Å²) >= 11 is 6.16. The van der Waals surface area contributed by atoms with E-state index in [0.717, 1.165) is 31.5 Å². The molecule has 0 radical (unpaired) electrons. The molecule has 0 N–H and O–H groups in total. The van der Waals surface area contributed by atoms with E-state index >= 15 is 0 Å². The first kappa shape index (κ1) is 12.4. The first-order valence-electron chi connectivity index (χ1n) is 5.78. The number of nitrogens with zero attached hydrogens (tertiary/aromatic N) is 1. The molecule has 1 heterocycles. The first-order chi connectivity index (χ1) is 8.09. The highest BCUT2D eigenvalue weighted by Gasteiger charge is 2.27.